The number of ketones is 1. The smallest absolute Gasteiger partial charge is 0.375 e. The van der Waals surface area contributed by atoms with Crippen molar-refractivity contribution in [3.8, 4) is 0 Å². The SMILES string of the molecule is CC(C)(C)OC(=O)C(=O)CCC(O)C=CC(=C(c1ccc(F)cc1)c1ccc(F)cc1)C(C)(C)C. The molecule has 0 fully saturated rings. The summed E-state index contributed by atoms with van der Waals surface area (Å²) < 4.78 is 32.3. The number of halogens is 2. The van der Waals surface area contributed by atoms with Crippen LogP contribution in [0, 0.1) is 17.0 Å². The fourth-order valence-corrected chi connectivity index (χ4v) is 3.44. The van der Waals surface area contributed by atoms with Gasteiger partial charge in [-0.05, 0) is 79.1 Å². The Bertz CT molecular complexity index is 1040. The zero-order valence-electron chi connectivity index (χ0n) is 21.2. The number of allylic oxidation sites excluding steroid dienone is 2. The second-order valence-corrected chi connectivity index (χ2v) is 10.4. The lowest BCUT2D eigenvalue weighted by Crippen LogP contribution is -2.29. The molecule has 1 unspecified atom stereocenters. The summed E-state index contributed by atoms with van der Waals surface area (Å²) >= 11 is 0. The first-order valence-electron chi connectivity index (χ1n) is 11.6. The molecule has 1 N–H and O–H groups in total. The van der Waals surface area contributed by atoms with Gasteiger partial charge in [-0.15, -0.1) is 0 Å². The normalized spacial score (nSPS) is 12.9. The first-order chi connectivity index (χ1) is 16.2. The Morgan fingerprint density at radius 3 is 1.74 bits per heavy atom. The molecule has 6 heteroatoms. The molecule has 0 aliphatic heterocycles. The van der Waals surface area contributed by atoms with E-state index in [0.717, 1.165) is 22.3 Å². The van der Waals surface area contributed by atoms with E-state index in [2.05, 4.69) is 0 Å². The fourth-order valence-electron chi connectivity index (χ4n) is 3.44. The minimum Gasteiger partial charge on any atom is -0.454 e. The van der Waals surface area contributed by atoms with E-state index < -0.39 is 28.9 Å². The predicted molar refractivity (Wildman–Crippen MR) is 134 cm³/mol. The van der Waals surface area contributed by atoms with Gasteiger partial charge in [0.15, 0.2) is 0 Å². The van der Waals surface area contributed by atoms with Gasteiger partial charge in [0.05, 0.1) is 6.10 Å². The Morgan fingerprint density at radius 2 is 1.34 bits per heavy atom. The average Bonchev–Trinajstić information content (AvgIpc) is 2.74. The van der Waals surface area contributed by atoms with E-state index in [1.807, 2.05) is 20.8 Å². The Labute approximate surface area is 206 Å². The van der Waals surface area contributed by atoms with Crippen LogP contribution in [0.15, 0.2) is 66.3 Å². The maximum absolute atomic E-state index is 13.6. The summed E-state index contributed by atoms with van der Waals surface area (Å²) in [5.74, 6) is -2.36. The summed E-state index contributed by atoms with van der Waals surface area (Å²) in [6.07, 6.45) is 2.24. The number of ether oxygens (including phenoxy) is 1. The lowest BCUT2D eigenvalue weighted by molar-refractivity contribution is -0.162. The number of carbonyl (C=O) groups excluding carboxylic acids is 2. The van der Waals surface area contributed by atoms with Crippen molar-refractivity contribution < 1.29 is 28.2 Å². The summed E-state index contributed by atoms with van der Waals surface area (Å²) in [6.45, 7) is 11.0. The molecule has 2 aromatic rings. The molecule has 0 radical (unpaired) electrons. The van der Waals surface area contributed by atoms with E-state index in [9.17, 15) is 23.5 Å². The lowest BCUT2D eigenvalue weighted by atomic mass is 9.79. The molecule has 2 rings (SSSR count). The van der Waals surface area contributed by atoms with Crippen molar-refractivity contribution in [2.75, 3.05) is 0 Å². The number of esters is 1. The zero-order valence-corrected chi connectivity index (χ0v) is 21.2. The van der Waals surface area contributed by atoms with Crippen LogP contribution in [-0.4, -0.2) is 28.6 Å². The molecule has 0 aliphatic rings. The Morgan fingerprint density at radius 1 is 0.886 bits per heavy atom. The van der Waals surface area contributed by atoms with E-state index in [1.165, 1.54) is 24.3 Å². The maximum atomic E-state index is 13.6. The van der Waals surface area contributed by atoms with Crippen LogP contribution in [0.1, 0.15) is 65.5 Å². The third kappa shape index (κ3) is 8.87. The van der Waals surface area contributed by atoms with E-state index >= 15 is 0 Å². The second kappa shape index (κ2) is 11.5. The highest BCUT2D eigenvalue weighted by molar-refractivity contribution is 6.33. The van der Waals surface area contributed by atoms with E-state index in [4.69, 9.17) is 4.74 Å². The predicted octanol–water partition coefficient (Wildman–Crippen LogP) is 6.42. The van der Waals surface area contributed by atoms with Gasteiger partial charge in [-0.25, -0.2) is 13.6 Å². The highest BCUT2D eigenvalue weighted by Gasteiger charge is 2.24. The van der Waals surface area contributed by atoms with Gasteiger partial charge < -0.3 is 9.84 Å². The molecule has 4 nitrogen and oxygen atoms in total. The third-order valence-electron chi connectivity index (χ3n) is 5.12. The van der Waals surface area contributed by atoms with Gasteiger partial charge in [0.2, 0.25) is 5.78 Å². The van der Waals surface area contributed by atoms with Crippen molar-refractivity contribution in [3.63, 3.8) is 0 Å². The summed E-state index contributed by atoms with van der Waals surface area (Å²) in [6, 6.07) is 12.1. The molecule has 2 aromatic carbocycles. The topological polar surface area (TPSA) is 63.6 Å². The van der Waals surface area contributed by atoms with Gasteiger partial charge in [0.1, 0.15) is 17.2 Å². The molecule has 0 aromatic heterocycles. The van der Waals surface area contributed by atoms with Crippen molar-refractivity contribution in [1.29, 1.82) is 0 Å². The Kier molecular flexibility index (Phi) is 9.27. The largest absolute Gasteiger partial charge is 0.454 e. The first-order valence-corrected chi connectivity index (χ1v) is 11.6. The summed E-state index contributed by atoms with van der Waals surface area (Å²) in [5, 5.41) is 10.5. The van der Waals surface area contributed by atoms with Crippen LogP contribution in [0.3, 0.4) is 0 Å². The molecule has 0 heterocycles. The average molecular weight is 485 g/mol. The quantitative estimate of drug-likeness (QED) is 0.267. The van der Waals surface area contributed by atoms with Gasteiger partial charge in [0, 0.05) is 6.42 Å². The summed E-state index contributed by atoms with van der Waals surface area (Å²) in [5.41, 5.74) is 1.90. The number of aliphatic hydroxyl groups excluding tert-OH is 1. The van der Waals surface area contributed by atoms with Crippen LogP contribution in [-0.2, 0) is 14.3 Å². The molecule has 188 valence electrons. The van der Waals surface area contributed by atoms with Gasteiger partial charge in [0.25, 0.3) is 0 Å². The minimum atomic E-state index is -0.985. The highest BCUT2D eigenvalue weighted by atomic mass is 19.1. The standard InChI is InChI=1S/C29H34F2O4/c1-28(2,3)24(17-15-23(32)16-18-25(33)27(34)35-29(4,5)6)26(19-7-11-21(30)12-8-19)20-9-13-22(31)14-10-20/h7-15,17,23,32H,16,18H2,1-6H3. The van der Waals surface area contributed by atoms with Crippen molar-refractivity contribution in [3.05, 3.63) is 89.0 Å². The molecule has 0 amide bonds. The molecule has 1 atom stereocenters. The van der Waals surface area contributed by atoms with E-state index in [1.54, 1.807) is 57.2 Å². The maximum Gasteiger partial charge on any atom is 0.375 e. The van der Waals surface area contributed by atoms with Crippen molar-refractivity contribution >= 4 is 17.3 Å². The van der Waals surface area contributed by atoms with Crippen LogP contribution in [0.5, 0.6) is 0 Å². The zero-order chi connectivity index (χ0) is 26.4. The van der Waals surface area contributed by atoms with Gasteiger partial charge in [-0.1, -0.05) is 57.2 Å². The van der Waals surface area contributed by atoms with Crippen molar-refractivity contribution in [2.45, 2.75) is 66.1 Å². The third-order valence-corrected chi connectivity index (χ3v) is 5.12. The van der Waals surface area contributed by atoms with Crippen molar-refractivity contribution in [2.24, 2.45) is 5.41 Å². The Balaban J connectivity index is 2.38. The summed E-state index contributed by atoms with van der Waals surface area (Å²) in [7, 11) is 0. The molecule has 0 saturated heterocycles. The van der Waals surface area contributed by atoms with E-state index in [0.29, 0.717) is 0 Å². The first kappa shape index (κ1) is 28.1. The molecular weight excluding hydrogens is 450 g/mol. The molecule has 0 aliphatic carbocycles. The number of Topliss-reactive ketones (excluding diaryl/α,β-unsaturated/α-hetero) is 1. The monoisotopic (exact) mass is 484 g/mol. The highest BCUT2D eigenvalue weighted by Crippen LogP contribution is 2.37. The van der Waals surface area contributed by atoms with Crippen LogP contribution in [0.2, 0.25) is 0 Å². The molecular formula is C29H34F2O4. The number of rotatable bonds is 8. The van der Waals surface area contributed by atoms with Crippen LogP contribution in [0.4, 0.5) is 8.78 Å². The van der Waals surface area contributed by atoms with E-state index in [-0.39, 0.29) is 24.5 Å². The van der Waals surface area contributed by atoms with Crippen molar-refractivity contribution in [1.82, 2.24) is 0 Å². The number of hydrogen-bond donors (Lipinski definition) is 1. The lowest BCUT2D eigenvalue weighted by Gasteiger charge is -2.26. The fraction of sp³-hybridized carbons (Fsp3) is 0.379. The van der Waals surface area contributed by atoms with Gasteiger partial charge in [-0.3, -0.25) is 4.79 Å². The number of carbonyl (C=O) groups is 2. The number of hydrogen-bond acceptors (Lipinski definition) is 4. The Hall–Kier alpha value is -3.12. The molecule has 0 spiro atoms. The molecule has 0 bridgehead atoms. The van der Waals surface area contributed by atoms with Crippen LogP contribution in [0.25, 0.3) is 5.57 Å². The minimum absolute atomic E-state index is 0.0500. The summed E-state index contributed by atoms with van der Waals surface area (Å²) in [4.78, 5) is 24.0. The molecule has 0 saturated carbocycles. The second-order valence-electron chi connectivity index (χ2n) is 10.4. The number of benzene rings is 2. The molecule has 35 heavy (non-hydrogen) atoms. The van der Waals surface area contributed by atoms with Crippen LogP contribution >= 0.6 is 0 Å². The van der Waals surface area contributed by atoms with Gasteiger partial charge >= 0.3 is 5.97 Å². The number of aliphatic hydroxyl groups is 1. The van der Waals surface area contributed by atoms with Crippen LogP contribution < -0.4 is 0 Å². The van der Waals surface area contributed by atoms with Gasteiger partial charge in [-0.2, -0.15) is 0 Å².